The maximum Gasteiger partial charge on any atom is 0.481 e. The third kappa shape index (κ3) is 6.66. The van der Waals surface area contributed by atoms with Gasteiger partial charge in [0.2, 0.25) is 0 Å². The maximum absolute atomic E-state index is 12.3. The van der Waals surface area contributed by atoms with E-state index in [1.54, 1.807) is 0 Å². The number of esters is 1. The number of aliphatic hydroxyl groups is 4. The Bertz CT molecular complexity index is 1310. The normalized spacial score (nSPS) is 33.6. The van der Waals surface area contributed by atoms with Gasteiger partial charge in [0.1, 0.15) is 42.4 Å². The lowest BCUT2D eigenvalue weighted by Crippen LogP contribution is -2.38. The Hall–Kier alpha value is -2.16. The molecule has 0 aliphatic carbocycles. The van der Waals surface area contributed by atoms with Gasteiger partial charge in [-0.2, -0.15) is 4.31 Å². The van der Waals surface area contributed by atoms with Crippen LogP contribution in [-0.2, 0) is 41.5 Å². The molecule has 3 unspecified atom stereocenters. The first-order chi connectivity index (χ1) is 18.7. The zero-order valence-electron chi connectivity index (χ0n) is 20.5. The predicted octanol–water partition coefficient (Wildman–Crippen LogP) is -2.32. The van der Waals surface area contributed by atoms with Gasteiger partial charge in [0, 0.05) is 6.42 Å². The number of phosphoric acid groups is 2. The molecule has 40 heavy (non-hydrogen) atoms. The van der Waals surface area contributed by atoms with Crippen molar-refractivity contribution >= 4 is 38.6 Å². The van der Waals surface area contributed by atoms with Crippen molar-refractivity contribution in [2.24, 2.45) is 0 Å². The fraction of sp³-hybridized carbons (Fsp3) is 0.667. The van der Waals surface area contributed by atoms with Crippen LogP contribution in [0.3, 0.4) is 0 Å². The number of nitrogens with zero attached hydrogens (tertiary/aromatic N) is 4. The molecule has 224 valence electrons. The van der Waals surface area contributed by atoms with Crippen LogP contribution in [0.1, 0.15) is 19.6 Å². The number of carbonyl (C=O) groups is 1. The molecule has 2 aromatic rings. The van der Waals surface area contributed by atoms with Gasteiger partial charge in [-0.05, 0) is 0 Å². The van der Waals surface area contributed by atoms with E-state index in [2.05, 4.69) is 28.3 Å². The molecule has 4 rings (SSSR count). The minimum atomic E-state index is -5.35. The quantitative estimate of drug-likeness (QED) is 0.103. The summed E-state index contributed by atoms with van der Waals surface area (Å²) in [6.07, 6.45) is -10.1. The molecule has 2 aliphatic heterocycles. The number of anilines is 1. The van der Waals surface area contributed by atoms with Gasteiger partial charge in [-0.1, -0.05) is 6.92 Å². The number of imidazole rings is 1. The molecule has 0 amide bonds. The van der Waals surface area contributed by atoms with Crippen LogP contribution in [0.5, 0.6) is 0 Å². The van der Waals surface area contributed by atoms with E-state index in [9.17, 15) is 44.1 Å². The molecule has 2 fully saturated rings. The summed E-state index contributed by atoms with van der Waals surface area (Å²) >= 11 is 0. The molecule has 8 N–H and O–H groups in total. The first-order valence-corrected chi connectivity index (χ1v) is 14.5. The maximum atomic E-state index is 12.3. The number of hydrogen-bond donors (Lipinski definition) is 7. The standard InChI is InChI=1S/C18H27N5O15P2/c1-2-9(24)37-14-12(26)8(36-18(14)28)4-34-40(31,32)38-39(29,30)33-3-7-11(25)13(27)17(35-7)23-6-22-10-15(19)20-5-21-16(10)23/h5-8,11-14,17-18,25-28H,2-4H2,1H3,(H,29,30)(H,31,32)(H2,19,20,21)/t7-,8-,11-,12-,13-,14-,17-,18?/m1/s1. The van der Waals surface area contributed by atoms with Gasteiger partial charge in [-0.15, -0.1) is 0 Å². The number of ether oxygens (including phenoxy) is 3. The lowest BCUT2D eigenvalue weighted by atomic mass is 10.1. The molecule has 0 radical (unpaired) electrons. The van der Waals surface area contributed by atoms with Crippen LogP contribution in [0.2, 0.25) is 0 Å². The van der Waals surface area contributed by atoms with Gasteiger partial charge >= 0.3 is 21.6 Å². The third-order valence-corrected chi connectivity index (χ3v) is 8.48. The molecule has 22 heteroatoms. The molecule has 2 aliphatic rings. The largest absolute Gasteiger partial charge is 0.481 e. The number of carbonyl (C=O) groups excluding carboxylic acids is 1. The zero-order valence-corrected chi connectivity index (χ0v) is 22.3. The Morgan fingerprint density at radius 1 is 1.00 bits per heavy atom. The summed E-state index contributed by atoms with van der Waals surface area (Å²) in [5.74, 6) is -0.703. The number of aromatic nitrogens is 4. The van der Waals surface area contributed by atoms with Gasteiger partial charge in [0.15, 0.2) is 30.1 Å². The van der Waals surface area contributed by atoms with E-state index in [0.29, 0.717) is 0 Å². The summed E-state index contributed by atoms with van der Waals surface area (Å²) in [6, 6.07) is 0. The average Bonchev–Trinajstić information content (AvgIpc) is 3.52. The van der Waals surface area contributed by atoms with Crippen molar-refractivity contribution in [1.82, 2.24) is 19.5 Å². The molecule has 4 heterocycles. The van der Waals surface area contributed by atoms with Crippen LogP contribution in [0.15, 0.2) is 12.7 Å². The minimum Gasteiger partial charge on any atom is -0.454 e. The highest BCUT2D eigenvalue weighted by molar-refractivity contribution is 7.61. The van der Waals surface area contributed by atoms with E-state index < -0.39 is 84.0 Å². The summed E-state index contributed by atoms with van der Waals surface area (Å²) in [4.78, 5) is 43.0. The molecule has 0 saturated carbocycles. The van der Waals surface area contributed by atoms with E-state index in [4.69, 9.17) is 19.9 Å². The number of fused-ring (bicyclic) bond motifs is 1. The SMILES string of the molecule is CCC(=O)O[C@H]1C(O)O[C@H](COP(=O)(O)OP(=O)(O)OC[C@H]2O[C@@H](n3cnc4c(N)ncnc43)[C@H](O)[C@@H]2O)[C@H]1O. The first kappa shape index (κ1) is 30.8. The molecular formula is C18H27N5O15P2. The van der Waals surface area contributed by atoms with Crippen molar-refractivity contribution in [3.05, 3.63) is 12.7 Å². The van der Waals surface area contributed by atoms with Crippen molar-refractivity contribution in [2.45, 2.75) is 62.5 Å². The van der Waals surface area contributed by atoms with Gasteiger partial charge < -0.3 is 50.2 Å². The number of nitrogen functional groups attached to an aromatic ring is 1. The Balaban J connectivity index is 1.31. The van der Waals surface area contributed by atoms with E-state index in [1.165, 1.54) is 17.8 Å². The number of hydrogen-bond acceptors (Lipinski definition) is 17. The Kier molecular flexibility index (Phi) is 9.22. The van der Waals surface area contributed by atoms with Crippen LogP contribution in [-0.4, -0.2) is 112 Å². The van der Waals surface area contributed by atoms with Crippen molar-refractivity contribution in [2.75, 3.05) is 18.9 Å². The second kappa shape index (κ2) is 12.0. The average molecular weight is 615 g/mol. The number of rotatable bonds is 11. The zero-order chi connectivity index (χ0) is 29.4. The fourth-order valence-electron chi connectivity index (χ4n) is 3.88. The van der Waals surface area contributed by atoms with Crippen molar-refractivity contribution in [3.8, 4) is 0 Å². The van der Waals surface area contributed by atoms with Crippen molar-refractivity contribution in [3.63, 3.8) is 0 Å². The fourth-order valence-corrected chi connectivity index (χ4v) is 5.97. The van der Waals surface area contributed by atoms with Crippen molar-refractivity contribution in [1.29, 1.82) is 0 Å². The number of aliphatic hydroxyl groups excluding tert-OH is 4. The predicted molar refractivity (Wildman–Crippen MR) is 125 cm³/mol. The molecule has 2 saturated heterocycles. The lowest BCUT2D eigenvalue weighted by Gasteiger charge is -2.21. The summed E-state index contributed by atoms with van der Waals surface area (Å²) < 4.78 is 54.4. The van der Waals surface area contributed by atoms with Gasteiger partial charge in [-0.25, -0.2) is 24.1 Å². The topological polar surface area (TPSA) is 298 Å². The van der Waals surface area contributed by atoms with Gasteiger partial charge in [0.05, 0.1) is 19.5 Å². The molecule has 0 aromatic carbocycles. The van der Waals surface area contributed by atoms with Gasteiger partial charge in [-0.3, -0.25) is 18.4 Å². The summed E-state index contributed by atoms with van der Waals surface area (Å²) in [7, 11) is -10.7. The van der Waals surface area contributed by atoms with Crippen molar-refractivity contribution < 1.29 is 71.7 Å². The highest BCUT2D eigenvalue weighted by atomic mass is 31.3. The van der Waals surface area contributed by atoms with E-state index >= 15 is 0 Å². The molecule has 10 atom stereocenters. The summed E-state index contributed by atoms with van der Waals surface area (Å²) in [5.41, 5.74) is 6.09. The molecule has 2 aromatic heterocycles. The second-order valence-corrected chi connectivity index (χ2v) is 11.6. The molecule has 0 spiro atoms. The monoisotopic (exact) mass is 615 g/mol. The molecule has 0 bridgehead atoms. The Morgan fingerprint density at radius 3 is 2.25 bits per heavy atom. The van der Waals surface area contributed by atoms with Crippen LogP contribution >= 0.6 is 15.6 Å². The van der Waals surface area contributed by atoms with Crippen LogP contribution in [0, 0.1) is 0 Å². The summed E-state index contributed by atoms with van der Waals surface area (Å²) in [5, 5.41) is 40.7. The van der Waals surface area contributed by atoms with Crippen LogP contribution < -0.4 is 5.73 Å². The third-order valence-electron chi connectivity index (χ3n) is 5.88. The van der Waals surface area contributed by atoms with E-state index in [0.717, 1.165) is 6.33 Å². The minimum absolute atomic E-state index is 0.0515. The second-order valence-electron chi connectivity index (χ2n) is 8.60. The number of phosphoric ester groups is 2. The molecular weight excluding hydrogens is 588 g/mol. The highest BCUT2D eigenvalue weighted by Crippen LogP contribution is 2.60. The van der Waals surface area contributed by atoms with Crippen LogP contribution in [0.4, 0.5) is 5.82 Å². The van der Waals surface area contributed by atoms with E-state index in [1.807, 2.05) is 0 Å². The lowest BCUT2D eigenvalue weighted by molar-refractivity contribution is -0.172. The summed E-state index contributed by atoms with van der Waals surface area (Å²) in [6.45, 7) is -0.357. The molecule has 20 nitrogen and oxygen atoms in total. The Morgan fingerprint density at radius 2 is 1.62 bits per heavy atom. The number of nitrogens with two attached hydrogens (primary N) is 1. The van der Waals surface area contributed by atoms with E-state index in [-0.39, 0.29) is 23.4 Å². The van der Waals surface area contributed by atoms with Gasteiger partial charge in [0.25, 0.3) is 0 Å². The Labute approximate surface area is 224 Å². The smallest absolute Gasteiger partial charge is 0.454 e. The highest BCUT2D eigenvalue weighted by Gasteiger charge is 2.48. The van der Waals surface area contributed by atoms with Crippen LogP contribution in [0.25, 0.3) is 11.2 Å². The first-order valence-electron chi connectivity index (χ1n) is 11.5.